The van der Waals surface area contributed by atoms with E-state index >= 15 is 0 Å². The number of hydrogen-bond donors (Lipinski definition) is 0. The average molecular weight is 249 g/mol. The maximum Gasteiger partial charge on any atom is 0.189 e. The van der Waals surface area contributed by atoms with Crippen LogP contribution in [0.15, 0.2) is 11.2 Å². The molecule has 1 aliphatic carbocycles. The number of piperidine rings is 1. The molecule has 1 saturated heterocycles. The van der Waals surface area contributed by atoms with Gasteiger partial charge in [0, 0.05) is 25.1 Å². The van der Waals surface area contributed by atoms with Crippen molar-refractivity contribution in [2.45, 2.75) is 43.2 Å². The van der Waals surface area contributed by atoms with E-state index in [2.05, 4.69) is 27.2 Å². The summed E-state index contributed by atoms with van der Waals surface area (Å²) in [5, 5.41) is 0.940. The third-order valence-corrected chi connectivity index (χ3v) is 4.12. The predicted octanol–water partition coefficient (Wildman–Crippen LogP) is 3.07. The van der Waals surface area contributed by atoms with Crippen LogP contribution in [0.5, 0.6) is 0 Å². The lowest BCUT2D eigenvalue weighted by atomic mass is 10.1. The highest BCUT2D eigenvalue weighted by molar-refractivity contribution is 7.98. The number of nitrogens with zero attached hydrogens (tertiary/aromatic N) is 3. The van der Waals surface area contributed by atoms with Crippen molar-refractivity contribution in [2.24, 2.45) is 0 Å². The molecule has 2 heterocycles. The van der Waals surface area contributed by atoms with Gasteiger partial charge in [0.05, 0.1) is 5.69 Å². The lowest BCUT2D eigenvalue weighted by Crippen LogP contribution is -2.30. The first-order valence-corrected chi connectivity index (χ1v) is 7.77. The number of rotatable bonds is 3. The molecule has 2 aliphatic rings. The minimum absolute atomic E-state index is 0.715. The summed E-state index contributed by atoms with van der Waals surface area (Å²) in [6.45, 7) is 2.32. The first kappa shape index (κ1) is 11.3. The Labute approximate surface area is 107 Å². The fourth-order valence-electron chi connectivity index (χ4n) is 2.39. The van der Waals surface area contributed by atoms with E-state index in [9.17, 15) is 0 Å². The lowest BCUT2D eigenvalue weighted by Gasteiger charge is -2.28. The summed E-state index contributed by atoms with van der Waals surface area (Å²) in [5.41, 5.74) is 1.27. The lowest BCUT2D eigenvalue weighted by molar-refractivity contribution is 0.570. The van der Waals surface area contributed by atoms with Crippen LogP contribution in [0.25, 0.3) is 0 Å². The van der Waals surface area contributed by atoms with Crippen LogP contribution >= 0.6 is 11.8 Å². The number of anilines is 1. The molecule has 2 fully saturated rings. The Hall–Kier alpha value is -0.770. The molecule has 4 heteroatoms. The van der Waals surface area contributed by atoms with Gasteiger partial charge < -0.3 is 4.90 Å². The zero-order valence-corrected chi connectivity index (χ0v) is 11.2. The van der Waals surface area contributed by atoms with Crippen LogP contribution in [-0.4, -0.2) is 29.3 Å². The van der Waals surface area contributed by atoms with Crippen molar-refractivity contribution in [1.29, 1.82) is 0 Å². The molecule has 0 atom stereocenters. The van der Waals surface area contributed by atoms with Crippen molar-refractivity contribution in [1.82, 2.24) is 9.97 Å². The summed E-state index contributed by atoms with van der Waals surface area (Å²) in [7, 11) is 0. The highest BCUT2D eigenvalue weighted by atomic mass is 32.2. The molecule has 0 bridgehead atoms. The van der Waals surface area contributed by atoms with Gasteiger partial charge in [0.1, 0.15) is 5.82 Å². The number of hydrogen-bond acceptors (Lipinski definition) is 4. The molecule has 1 aliphatic heterocycles. The zero-order chi connectivity index (χ0) is 11.7. The summed E-state index contributed by atoms with van der Waals surface area (Å²) >= 11 is 1.66. The van der Waals surface area contributed by atoms with Gasteiger partial charge in [0.2, 0.25) is 0 Å². The van der Waals surface area contributed by atoms with Gasteiger partial charge in [-0.05, 0) is 38.4 Å². The first-order valence-electron chi connectivity index (χ1n) is 6.55. The van der Waals surface area contributed by atoms with E-state index in [-0.39, 0.29) is 0 Å². The molecule has 0 spiro atoms. The van der Waals surface area contributed by atoms with Crippen molar-refractivity contribution >= 4 is 17.6 Å². The van der Waals surface area contributed by atoms with Crippen LogP contribution in [-0.2, 0) is 0 Å². The third kappa shape index (κ3) is 2.57. The normalized spacial score (nSPS) is 20.6. The molecule has 3 nitrogen and oxygen atoms in total. The highest BCUT2D eigenvalue weighted by Crippen LogP contribution is 2.40. The molecule has 1 saturated carbocycles. The minimum atomic E-state index is 0.715. The van der Waals surface area contributed by atoms with E-state index in [1.807, 2.05) is 0 Å². The molecule has 92 valence electrons. The Kier molecular flexibility index (Phi) is 3.23. The summed E-state index contributed by atoms with van der Waals surface area (Å²) in [5.74, 6) is 1.87. The highest BCUT2D eigenvalue weighted by Gasteiger charge is 2.27. The predicted molar refractivity (Wildman–Crippen MR) is 71.9 cm³/mol. The Morgan fingerprint density at radius 3 is 2.59 bits per heavy atom. The number of aromatic nitrogens is 2. The summed E-state index contributed by atoms with van der Waals surface area (Å²) in [4.78, 5) is 11.7. The van der Waals surface area contributed by atoms with Gasteiger partial charge in [-0.2, -0.15) is 0 Å². The van der Waals surface area contributed by atoms with Crippen molar-refractivity contribution in [2.75, 3.05) is 24.2 Å². The topological polar surface area (TPSA) is 29.0 Å². The second kappa shape index (κ2) is 4.84. The van der Waals surface area contributed by atoms with Gasteiger partial charge in [0.25, 0.3) is 0 Å². The largest absolute Gasteiger partial charge is 0.356 e. The second-order valence-corrected chi connectivity index (χ2v) is 5.73. The summed E-state index contributed by atoms with van der Waals surface area (Å²) in [6, 6.07) is 2.22. The van der Waals surface area contributed by atoms with Gasteiger partial charge in [-0.15, -0.1) is 0 Å². The quantitative estimate of drug-likeness (QED) is 0.608. The molecule has 0 aromatic carbocycles. The first-order chi connectivity index (χ1) is 8.36. The molecule has 0 unspecified atom stereocenters. The monoisotopic (exact) mass is 249 g/mol. The van der Waals surface area contributed by atoms with Gasteiger partial charge in [0.15, 0.2) is 5.16 Å². The smallest absolute Gasteiger partial charge is 0.189 e. The van der Waals surface area contributed by atoms with E-state index in [4.69, 9.17) is 0 Å². The molecule has 17 heavy (non-hydrogen) atoms. The average Bonchev–Trinajstić information content (AvgIpc) is 3.23. The molecule has 0 radical (unpaired) electrons. The Morgan fingerprint density at radius 2 is 1.94 bits per heavy atom. The minimum Gasteiger partial charge on any atom is -0.356 e. The third-order valence-electron chi connectivity index (χ3n) is 3.57. The molecular formula is C13H19N3S. The van der Waals surface area contributed by atoms with Crippen LogP contribution in [0, 0.1) is 0 Å². The van der Waals surface area contributed by atoms with Crippen molar-refractivity contribution in [3.05, 3.63) is 11.8 Å². The van der Waals surface area contributed by atoms with E-state index in [1.54, 1.807) is 11.8 Å². The Morgan fingerprint density at radius 1 is 1.18 bits per heavy atom. The van der Waals surface area contributed by atoms with Gasteiger partial charge in [-0.25, -0.2) is 9.97 Å². The van der Waals surface area contributed by atoms with Crippen molar-refractivity contribution in [3.63, 3.8) is 0 Å². The SMILES string of the molecule is CSc1nc(C2CC2)cc(N2CCCCC2)n1. The van der Waals surface area contributed by atoms with Crippen LogP contribution < -0.4 is 4.90 Å². The van der Waals surface area contributed by atoms with Crippen molar-refractivity contribution in [3.8, 4) is 0 Å². The number of thioether (sulfide) groups is 1. The Balaban J connectivity index is 1.88. The van der Waals surface area contributed by atoms with Gasteiger partial charge in [-0.1, -0.05) is 11.8 Å². The van der Waals surface area contributed by atoms with Gasteiger partial charge in [-0.3, -0.25) is 0 Å². The van der Waals surface area contributed by atoms with Crippen LogP contribution in [0.3, 0.4) is 0 Å². The van der Waals surface area contributed by atoms with Gasteiger partial charge >= 0.3 is 0 Å². The van der Waals surface area contributed by atoms with Crippen LogP contribution in [0.2, 0.25) is 0 Å². The summed E-state index contributed by atoms with van der Waals surface area (Å²) in [6.07, 6.45) is 8.65. The molecular weight excluding hydrogens is 230 g/mol. The zero-order valence-electron chi connectivity index (χ0n) is 10.4. The molecule has 0 N–H and O–H groups in total. The molecule has 1 aromatic heterocycles. The molecule has 0 amide bonds. The van der Waals surface area contributed by atoms with E-state index in [0.717, 1.165) is 24.1 Å². The van der Waals surface area contributed by atoms with Crippen molar-refractivity contribution < 1.29 is 0 Å². The van der Waals surface area contributed by atoms with Crippen LogP contribution in [0.4, 0.5) is 5.82 Å². The van der Waals surface area contributed by atoms with E-state index in [0.29, 0.717) is 5.92 Å². The fraction of sp³-hybridized carbons (Fsp3) is 0.692. The van der Waals surface area contributed by atoms with Crippen LogP contribution in [0.1, 0.15) is 43.7 Å². The standard InChI is InChI=1S/C13H19N3S/c1-17-13-14-11(10-5-6-10)9-12(15-13)16-7-3-2-4-8-16/h9-10H,2-8H2,1H3. The maximum absolute atomic E-state index is 4.66. The molecule has 1 aromatic rings. The maximum atomic E-state index is 4.66. The molecule has 3 rings (SSSR count). The van der Waals surface area contributed by atoms with E-state index < -0.39 is 0 Å². The van der Waals surface area contributed by atoms with E-state index in [1.165, 1.54) is 37.8 Å². The second-order valence-electron chi connectivity index (χ2n) is 4.96. The Bertz CT molecular complexity index is 398. The summed E-state index contributed by atoms with van der Waals surface area (Å²) < 4.78 is 0. The fourth-order valence-corrected chi connectivity index (χ4v) is 2.78.